The van der Waals surface area contributed by atoms with Crippen LogP contribution in [0.2, 0.25) is 0 Å². The van der Waals surface area contributed by atoms with E-state index in [1.807, 2.05) is 6.07 Å². The molecule has 5 nitrogen and oxygen atoms in total. The number of carbonyl (C=O) groups is 1. The minimum Gasteiger partial charge on any atom is -0.480 e. The van der Waals surface area contributed by atoms with Crippen molar-refractivity contribution in [2.75, 3.05) is 13.2 Å². The van der Waals surface area contributed by atoms with Crippen molar-refractivity contribution >= 4 is 5.97 Å². The van der Waals surface area contributed by atoms with Crippen molar-refractivity contribution in [3.8, 4) is 0 Å². The van der Waals surface area contributed by atoms with Crippen LogP contribution < -0.4 is 5.73 Å². The van der Waals surface area contributed by atoms with E-state index in [1.165, 1.54) is 0 Å². The van der Waals surface area contributed by atoms with E-state index in [4.69, 9.17) is 15.6 Å². The van der Waals surface area contributed by atoms with Gasteiger partial charge in [-0.1, -0.05) is 6.07 Å². The van der Waals surface area contributed by atoms with E-state index in [9.17, 15) is 4.79 Å². The van der Waals surface area contributed by atoms with Gasteiger partial charge in [-0.05, 0) is 11.6 Å². The Morgan fingerprint density at radius 3 is 2.80 bits per heavy atom. The third-order valence-corrected chi connectivity index (χ3v) is 2.82. The first-order chi connectivity index (χ1) is 7.17. The van der Waals surface area contributed by atoms with Crippen molar-refractivity contribution in [1.29, 1.82) is 0 Å². The number of aromatic nitrogens is 1. The molecule has 0 spiro atoms. The number of nitrogens with two attached hydrogens (primary N) is 1. The summed E-state index contributed by atoms with van der Waals surface area (Å²) in [6, 6.07) is 2.65. The summed E-state index contributed by atoms with van der Waals surface area (Å²) in [5.41, 5.74) is 5.90. The minimum absolute atomic E-state index is 0.339. The van der Waals surface area contributed by atoms with Crippen LogP contribution in [-0.2, 0) is 14.9 Å². The average Bonchev–Trinajstić information content (AvgIpc) is 2.17. The second-order valence-electron chi connectivity index (χ2n) is 3.71. The monoisotopic (exact) mass is 208 g/mol. The van der Waals surface area contributed by atoms with Gasteiger partial charge in [0.1, 0.15) is 6.04 Å². The molecule has 1 aromatic rings. The molecule has 3 N–H and O–H groups in total. The van der Waals surface area contributed by atoms with Crippen molar-refractivity contribution in [3.05, 3.63) is 30.1 Å². The van der Waals surface area contributed by atoms with Crippen LogP contribution in [0.1, 0.15) is 5.56 Å². The number of aliphatic carboxylic acids is 1. The standard InChI is InChI=1S/C10H12N2O3/c11-8(9(13)14)10(5-15-6-10)7-2-1-3-12-4-7/h1-4,8H,5-6,11H2,(H,13,14). The van der Waals surface area contributed by atoms with Gasteiger partial charge in [0, 0.05) is 12.4 Å². The average molecular weight is 208 g/mol. The number of hydrogen-bond acceptors (Lipinski definition) is 4. The second kappa shape index (κ2) is 3.60. The van der Waals surface area contributed by atoms with Gasteiger partial charge >= 0.3 is 5.97 Å². The molecule has 0 saturated carbocycles. The van der Waals surface area contributed by atoms with Gasteiger partial charge in [-0.3, -0.25) is 9.78 Å². The Hall–Kier alpha value is -1.46. The molecule has 2 rings (SSSR count). The summed E-state index contributed by atoms with van der Waals surface area (Å²) in [5, 5.41) is 8.94. The van der Waals surface area contributed by atoms with Crippen LogP contribution >= 0.6 is 0 Å². The smallest absolute Gasteiger partial charge is 0.321 e. The highest BCUT2D eigenvalue weighted by Gasteiger charge is 2.49. The van der Waals surface area contributed by atoms with Gasteiger partial charge in [-0.2, -0.15) is 0 Å². The first kappa shape index (κ1) is 10.1. The van der Waals surface area contributed by atoms with Gasteiger partial charge in [0.15, 0.2) is 0 Å². The summed E-state index contributed by atoms with van der Waals surface area (Å²) in [7, 11) is 0. The number of nitrogens with zero attached hydrogens (tertiary/aromatic N) is 1. The number of ether oxygens (including phenoxy) is 1. The number of hydrogen-bond donors (Lipinski definition) is 2. The van der Waals surface area contributed by atoms with Crippen molar-refractivity contribution in [2.45, 2.75) is 11.5 Å². The summed E-state index contributed by atoms with van der Waals surface area (Å²) in [5.74, 6) is -1.01. The van der Waals surface area contributed by atoms with Crippen LogP contribution in [0.15, 0.2) is 24.5 Å². The third kappa shape index (κ3) is 1.49. The highest BCUT2D eigenvalue weighted by Crippen LogP contribution is 2.34. The van der Waals surface area contributed by atoms with E-state index in [0.717, 1.165) is 5.56 Å². The van der Waals surface area contributed by atoms with Crippen LogP contribution in [0.5, 0.6) is 0 Å². The molecule has 2 heterocycles. The molecule has 1 aromatic heterocycles. The molecule has 0 amide bonds. The molecule has 1 aliphatic rings. The van der Waals surface area contributed by atoms with Crippen molar-refractivity contribution in [1.82, 2.24) is 4.98 Å². The topological polar surface area (TPSA) is 85.4 Å². The predicted molar refractivity (Wildman–Crippen MR) is 52.3 cm³/mol. The molecular formula is C10H12N2O3. The number of pyridine rings is 1. The number of rotatable bonds is 3. The highest BCUT2D eigenvalue weighted by atomic mass is 16.5. The fraction of sp³-hybridized carbons (Fsp3) is 0.400. The summed E-state index contributed by atoms with van der Waals surface area (Å²) >= 11 is 0. The first-order valence-corrected chi connectivity index (χ1v) is 4.63. The maximum absolute atomic E-state index is 10.9. The molecule has 1 atom stereocenters. The Bertz CT molecular complexity index is 362. The molecule has 5 heteroatoms. The molecule has 15 heavy (non-hydrogen) atoms. The lowest BCUT2D eigenvalue weighted by Crippen LogP contribution is -2.61. The third-order valence-electron chi connectivity index (χ3n) is 2.82. The molecule has 0 aromatic carbocycles. The van der Waals surface area contributed by atoms with E-state index < -0.39 is 17.4 Å². The molecular weight excluding hydrogens is 196 g/mol. The molecule has 80 valence electrons. The Morgan fingerprint density at radius 2 is 2.40 bits per heavy atom. The fourth-order valence-electron chi connectivity index (χ4n) is 1.74. The van der Waals surface area contributed by atoms with Crippen LogP contribution in [0.25, 0.3) is 0 Å². The molecule has 1 aliphatic heterocycles. The van der Waals surface area contributed by atoms with Crippen molar-refractivity contribution in [3.63, 3.8) is 0 Å². The summed E-state index contributed by atoms with van der Waals surface area (Å²) in [4.78, 5) is 14.9. The zero-order valence-electron chi connectivity index (χ0n) is 8.09. The van der Waals surface area contributed by atoms with E-state index in [1.54, 1.807) is 18.5 Å². The SMILES string of the molecule is NC(C(=O)O)C1(c2cccnc2)COC1. The van der Waals surface area contributed by atoms with Crippen molar-refractivity contribution in [2.24, 2.45) is 5.73 Å². The van der Waals surface area contributed by atoms with Crippen molar-refractivity contribution < 1.29 is 14.6 Å². The number of carboxylic acid groups (broad SMARTS) is 1. The van der Waals surface area contributed by atoms with Gasteiger partial charge < -0.3 is 15.6 Å². The van der Waals surface area contributed by atoms with Crippen LogP contribution in [0, 0.1) is 0 Å². The van der Waals surface area contributed by atoms with E-state index in [0.29, 0.717) is 13.2 Å². The van der Waals surface area contributed by atoms with Gasteiger partial charge in [0.05, 0.1) is 18.6 Å². The molecule has 0 bridgehead atoms. The largest absolute Gasteiger partial charge is 0.480 e. The summed E-state index contributed by atoms with van der Waals surface area (Å²) in [6.45, 7) is 0.679. The zero-order valence-corrected chi connectivity index (χ0v) is 8.09. The van der Waals surface area contributed by atoms with Crippen LogP contribution in [-0.4, -0.2) is 35.3 Å². The second-order valence-corrected chi connectivity index (χ2v) is 3.71. The Labute approximate surface area is 86.9 Å². The summed E-state index contributed by atoms with van der Waals surface area (Å²) < 4.78 is 5.09. The van der Waals surface area contributed by atoms with Gasteiger partial charge in [-0.15, -0.1) is 0 Å². The Kier molecular flexibility index (Phi) is 2.42. The van der Waals surface area contributed by atoms with Gasteiger partial charge in [0.25, 0.3) is 0 Å². The lowest BCUT2D eigenvalue weighted by molar-refractivity contribution is -0.148. The Morgan fingerprint density at radius 1 is 1.67 bits per heavy atom. The van der Waals surface area contributed by atoms with E-state index in [2.05, 4.69) is 4.98 Å². The van der Waals surface area contributed by atoms with Gasteiger partial charge in [0.2, 0.25) is 0 Å². The number of carboxylic acids is 1. The zero-order chi connectivity index (χ0) is 10.9. The minimum atomic E-state index is -1.01. The lowest BCUT2D eigenvalue weighted by atomic mass is 9.73. The predicted octanol–water partition coefficient (Wildman–Crippen LogP) is -0.239. The quantitative estimate of drug-likeness (QED) is 0.716. The maximum atomic E-state index is 10.9. The molecule has 1 unspecified atom stereocenters. The van der Waals surface area contributed by atoms with Crippen LogP contribution in [0.3, 0.4) is 0 Å². The molecule has 0 radical (unpaired) electrons. The fourth-order valence-corrected chi connectivity index (χ4v) is 1.74. The van der Waals surface area contributed by atoms with E-state index in [-0.39, 0.29) is 0 Å². The lowest BCUT2D eigenvalue weighted by Gasteiger charge is -2.44. The maximum Gasteiger partial charge on any atom is 0.321 e. The Balaban J connectivity index is 2.34. The van der Waals surface area contributed by atoms with Gasteiger partial charge in [-0.25, -0.2) is 0 Å². The normalized spacial score (nSPS) is 20.3. The highest BCUT2D eigenvalue weighted by molar-refractivity contribution is 5.76. The summed E-state index contributed by atoms with van der Waals surface area (Å²) in [6.07, 6.45) is 3.29. The molecule has 1 fully saturated rings. The molecule has 0 aliphatic carbocycles. The molecule has 1 saturated heterocycles. The van der Waals surface area contributed by atoms with Crippen LogP contribution in [0.4, 0.5) is 0 Å². The van der Waals surface area contributed by atoms with E-state index >= 15 is 0 Å². The first-order valence-electron chi connectivity index (χ1n) is 4.63.